The van der Waals surface area contributed by atoms with Crippen LogP contribution in [0.25, 0.3) is 0 Å². The maximum Gasteiger partial charge on any atom is 0.256 e. The minimum atomic E-state index is -0.780. The highest BCUT2D eigenvalue weighted by Gasteiger charge is 2.39. The standard InChI is InChI=1S/C17H25N3O3/c1-12-11-13(5-6-14(12)15(21)20(2)3)19-16(22)17(23-4)7-9-18-10-8-17/h5-6,11,18H,7-10H2,1-4H3,(H,19,22). The summed E-state index contributed by atoms with van der Waals surface area (Å²) in [6.45, 7) is 3.39. The molecule has 0 aromatic heterocycles. The molecule has 23 heavy (non-hydrogen) atoms. The molecule has 0 saturated carbocycles. The van der Waals surface area contributed by atoms with E-state index in [0.717, 1.165) is 18.7 Å². The number of ether oxygens (including phenoxy) is 1. The molecule has 2 amide bonds. The van der Waals surface area contributed by atoms with E-state index in [-0.39, 0.29) is 11.8 Å². The van der Waals surface area contributed by atoms with Gasteiger partial charge in [-0.2, -0.15) is 0 Å². The quantitative estimate of drug-likeness (QED) is 0.880. The van der Waals surface area contributed by atoms with Crippen molar-refractivity contribution in [3.63, 3.8) is 0 Å². The number of hydrogen-bond acceptors (Lipinski definition) is 4. The zero-order chi connectivity index (χ0) is 17.0. The summed E-state index contributed by atoms with van der Waals surface area (Å²) in [7, 11) is 5.02. The van der Waals surface area contributed by atoms with E-state index in [1.807, 2.05) is 13.0 Å². The average Bonchev–Trinajstić information content (AvgIpc) is 2.54. The van der Waals surface area contributed by atoms with Crippen LogP contribution in [0.5, 0.6) is 0 Å². The molecule has 2 N–H and O–H groups in total. The van der Waals surface area contributed by atoms with Gasteiger partial charge in [0, 0.05) is 32.5 Å². The van der Waals surface area contributed by atoms with Crippen molar-refractivity contribution in [3.05, 3.63) is 29.3 Å². The lowest BCUT2D eigenvalue weighted by Crippen LogP contribution is -2.51. The third kappa shape index (κ3) is 3.71. The summed E-state index contributed by atoms with van der Waals surface area (Å²) in [5, 5.41) is 6.15. The highest BCUT2D eigenvalue weighted by molar-refractivity contribution is 5.99. The van der Waals surface area contributed by atoms with Gasteiger partial charge in [0.15, 0.2) is 0 Å². The van der Waals surface area contributed by atoms with Gasteiger partial charge in [-0.15, -0.1) is 0 Å². The van der Waals surface area contributed by atoms with Crippen molar-refractivity contribution in [1.29, 1.82) is 0 Å². The average molecular weight is 319 g/mol. The van der Waals surface area contributed by atoms with Crippen molar-refractivity contribution in [2.45, 2.75) is 25.4 Å². The van der Waals surface area contributed by atoms with Crippen LogP contribution in [0.2, 0.25) is 0 Å². The van der Waals surface area contributed by atoms with Crippen molar-refractivity contribution in [2.24, 2.45) is 0 Å². The zero-order valence-corrected chi connectivity index (χ0v) is 14.2. The van der Waals surface area contributed by atoms with Crippen LogP contribution in [0, 0.1) is 6.92 Å². The number of rotatable bonds is 4. The number of nitrogens with one attached hydrogen (secondary N) is 2. The summed E-state index contributed by atoms with van der Waals surface area (Å²) in [6, 6.07) is 5.32. The molecule has 1 fully saturated rings. The van der Waals surface area contributed by atoms with Gasteiger partial charge in [0.2, 0.25) is 0 Å². The first-order valence-electron chi connectivity index (χ1n) is 7.79. The van der Waals surface area contributed by atoms with E-state index in [9.17, 15) is 9.59 Å². The lowest BCUT2D eigenvalue weighted by Gasteiger charge is -2.34. The Hall–Kier alpha value is -1.92. The maximum atomic E-state index is 12.6. The number of carbonyl (C=O) groups excluding carboxylic acids is 2. The fourth-order valence-electron chi connectivity index (χ4n) is 2.82. The second-order valence-electron chi connectivity index (χ2n) is 6.13. The molecule has 1 aromatic rings. The SMILES string of the molecule is COC1(C(=O)Nc2ccc(C(=O)N(C)C)c(C)c2)CCNCC1. The molecule has 0 unspecified atom stereocenters. The summed E-state index contributed by atoms with van der Waals surface area (Å²) in [5.74, 6) is -0.181. The number of carbonyl (C=O) groups is 2. The minimum absolute atomic E-state index is 0.0490. The van der Waals surface area contributed by atoms with Gasteiger partial charge >= 0.3 is 0 Å². The lowest BCUT2D eigenvalue weighted by molar-refractivity contribution is -0.140. The van der Waals surface area contributed by atoms with Gasteiger partial charge in [-0.25, -0.2) is 0 Å². The molecule has 0 radical (unpaired) electrons. The van der Waals surface area contributed by atoms with Crippen molar-refractivity contribution < 1.29 is 14.3 Å². The predicted molar refractivity (Wildman–Crippen MR) is 89.7 cm³/mol. The van der Waals surface area contributed by atoms with Crippen LogP contribution in [0.4, 0.5) is 5.69 Å². The van der Waals surface area contributed by atoms with E-state index in [2.05, 4.69) is 10.6 Å². The maximum absolute atomic E-state index is 12.6. The topological polar surface area (TPSA) is 70.7 Å². The molecule has 6 nitrogen and oxygen atoms in total. The van der Waals surface area contributed by atoms with Crippen molar-refractivity contribution in [2.75, 3.05) is 39.6 Å². The predicted octanol–water partition coefficient (Wildman–Crippen LogP) is 1.40. The van der Waals surface area contributed by atoms with Crippen LogP contribution in [-0.2, 0) is 9.53 Å². The number of amides is 2. The van der Waals surface area contributed by atoms with E-state index in [0.29, 0.717) is 24.1 Å². The van der Waals surface area contributed by atoms with Gasteiger partial charge in [0.05, 0.1) is 0 Å². The fourth-order valence-corrected chi connectivity index (χ4v) is 2.82. The molecular formula is C17H25N3O3. The highest BCUT2D eigenvalue weighted by Crippen LogP contribution is 2.25. The molecule has 1 saturated heterocycles. The summed E-state index contributed by atoms with van der Waals surface area (Å²) < 4.78 is 5.52. The van der Waals surface area contributed by atoms with E-state index in [4.69, 9.17) is 4.74 Å². The van der Waals surface area contributed by atoms with Gasteiger partial charge in [0.1, 0.15) is 5.60 Å². The molecule has 0 atom stereocenters. The molecule has 1 aromatic carbocycles. The number of anilines is 1. The largest absolute Gasteiger partial charge is 0.368 e. The van der Waals surface area contributed by atoms with E-state index >= 15 is 0 Å². The summed E-state index contributed by atoms with van der Waals surface area (Å²) in [5.41, 5.74) is 1.37. The first-order valence-corrected chi connectivity index (χ1v) is 7.79. The van der Waals surface area contributed by atoms with E-state index in [1.165, 1.54) is 4.90 Å². The first kappa shape index (κ1) is 17.4. The Morgan fingerprint density at radius 3 is 2.43 bits per heavy atom. The molecule has 0 bridgehead atoms. The molecule has 1 aliphatic rings. The minimum Gasteiger partial charge on any atom is -0.368 e. The Bertz CT molecular complexity index is 593. The normalized spacial score (nSPS) is 16.7. The zero-order valence-electron chi connectivity index (χ0n) is 14.2. The third-order valence-electron chi connectivity index (χ3n) is 4.34. The second kappa shape index (κ2) is 7.10. The molecule has 0 aliphatic carbocycles. The second-order valence-corrected chi connectivity index (χ2v) is 6.13. The Morgan fingerprint density at radius 1 is 1.26 bits per heavy atom. The Balaban J connectivity index is 2.15. The fraction of sp³-hybridized carbons (Fsp3) is 0.529. The number of methoxy groups -OCH3 is 1. The lowest BCUT2D eigenvalue weighted by atomic mass is 9.91. The van der Waals surface area contributed by atoms with Gasteiger partial charge in [-0.05, 0) is 56.6 Å². The molecule has 126 valence electrons. The van der Waals surface area contributed by atoms with Crippen LogP contribution in [0.3, 0.4) is 0 Å². The number of hydrogen-bond donors (Lipinski definition) is 2. The van der Waals surface area contributed by atoms with Crippen LogP contribution in [-0.4, -0.2) is 56.6 Å². The third-order valence-corrected chi connectivity index (χ3v) is 4.34. The van der Waals surface area contributed by atoms with Gasteiger partial charge in [0.25, 0.3) is 11.8 Å². The Kier molecular flexibility index (Phi) is 5.38. The van der Waals surface area contributed by atoms with Gasteiger partial charge in [-0.3, -0.25) is 9.59 Å². The van der Waals surface area contributed by atoms with Crippen molar-refractivity contribution >= 4 is 17.5 Å². The van der Waals surface area contributed by atoms with Crippen molar-refractivity contribution in [1.82, 2.24) is 10.2 Å². The van der Waals surface area contributed by atoms with Crippen LogP contribution in [0.15, 0.2) is 18.2 Å². The van der Waals surface area contributed by atoms with Crippen LogP contribution in [0.1, 0.15) is 28.8 Å². The molecular weight excluding hydrogens is 294 g/mol. The summed E-state index contributed by atoms with van der Waals surface area (Å²) >= 11 is 0. The number of piperidine rings is 1. The number of aryl methyl sites for hydroxylation is 1. The molecule has 1 heterocycles. The highest BCUT2D eigenvalue weighted by atomic mass is 16.5. The smallest absolute Gasteiger partial charge is 0.256 e. The van der Waals surface area contributed by atoms with Gasteiger partial charge < -0.3 is 20.3 Å². The summed E-state index contributed by atoms with van der Waals surface area (Å²) in [6.07, 6.45) is 1.29. The Morgan fingerprint density at radius 2 is 1.91 bits per heavy atom. The van der Waals surface area contributed by atoms with E-state index in [1.54, 1.807) is 33.3 Å². The molecule has 6 heteroatoms. The van der Waals surface area contributed by atoms with Crippen LogP contribution < -0.4 is 10.6 Å². The number of nitrogens with zero attached hydrogens (tertiary/aromatic N) is 1. The summed E-state index contributed by atoms with van der Waals surface area (Å²) in [4.78, 5) is 26.2. The molecule has 0 spiro atoms. The van der Waals surface area contributed by atoms with Crippen molar-refractivity contribution in [3.8, 4) is 0 Å². The number of benzene rings is 1. The molecule has 2 rings (SSSR count). The van der Waals surface area contributed by atoms with Crippen LogP contribution >= 0.6 is 0 Å². The first-order chi connectivity index (χ1) is 10.9. The van der Waals surface area contributed by atoms with Gasteiger partial charge in [-0.1, -0.05) is 0 Å². The monoisotopic (exact) mass is 319 g/mol. The Labute approximate surface area is 137 Å². The van der Waals surface area contributed by atoms with E-state index < -0.39 is 5.60 Å². The molecule has 1 aliphatic heterocycles.